The third kappa shape index (κ3) is 1.94. The topological polar surface area (TPSA) is 83.6 Å². The molecule has 0 aliphatic carbocycles. The molecular weight excluding hydrogens is 272 g/mol. The fourth-order valence-electron chi connectivity index (χ4n) is 2.94. The maximum Gasteiger partial charge on any atom is 0.250 e. The van der Waals surface area contributed by atoms with Crippen LogP contribution in [-0.4, -0.2) is 34.6 Å². The number of amides is 4. The van der Waals surface area contributed by atoms with E-state index in [1.165, 1.54) is 0 Å². The Morgan fingerprint density at radius 2 is 1.81 bits per heavy atom. The molecule has 21 heavy (non-hydrogen) atoms. The van der Waals surface area contributed by atoms with Crippen LogP contribution in [-0.2, 0) is 24.6 Å². The number of carbonyl (C=O) groups excluding carboxylic acids is 4. The molecule has 4 amide bonds. The van der Waals surface area contributed by atoms with Crippen molar-refractivity contribution in [2.24, 2.45) is 0 Å². The lowest BCUT2D eigenvalue weighted by Gasteiger charge is -2.24. The zero-order valence-electron chi connectivity index (χ0n) is 11.5. The second-order valence-electron chi connectivity index (χ2n) is 5.58. The van der Waals surface area contributed by atoms with E-state index in [0.29, 0.717) is 0 Å². The Balaban J connectivity index is 1.96. The summed E-state index contributed by atoms with van der Waals surface area (Å²) >= 11 is 0. The minimum absolute atomic E-state index is 0.00776. The number of benzene rings is 1. The standard InChI is InChI=1S/C15H14N2O4/c1-15(9-5-3-2-4-6-9)8-12(19)17(14(15)21)10-7-11(18)16-13(10)20/h2-6,10H,7-8H2,1H3,(H,16,18,20). The zero-order chi connectivity index (χ0) is 15.2. The van der Waals surface area contributed by atoms with Crippen LogP contribution in [0.3, 0.4) is 0 Å². The second kappa shape index (κ2) is 4.51. The first-order valence-electron chi connectivity index (χ1n) is 6.69. The highest BCUT2D eigenvalue weighted by molar-refractivity contribution is 6.15. The van der Waals surface area contributed by atoms with Gasteiger partial charge in [-0.25, -0.2) is 0 Å². The predicted molar refractivity (Wildman–Crippen MR) is 71.8 cm³/mol. The fourth-order valence-corrected chi connectivity index (χ4v) is 2.94. The quantitative estimate of drug-likeness (QED) is 0.783. The van der Waals surface area contributed by atoms with Gasteiger partial charge >= 0.3 is 0 Å². The van der Waals surface area contributed by atoms with Crippen molar-refractivity contribution in [1.82, 2.24) is 10.2 Å². The maximum absolute atomic E-state index is 12.7. The number of carbonyl (C=O) groups is 4. The van der Waals surface area contributed by atoms with Crippen molar-refractivity contribution in [1.29, 1.82) is 0 Å². The van der Waals surface area contributed by atoms with Gasteiger partial charge in [0.05, 0.1) is 11.8 Å². The van der Waals surface area contributed by atoms with Crippen molar-refractivity contribution in [2.45, 2.75) is 31.2 Å². The Labute approximate surface area is 121 Å². The Bertz CT molecular complexity index is 655. The molecule has 2 atom stereocenters. The van der Waals surface area contributed by atoms with Gasteiger partial charge in [-0.15, -0.1) is 0 Å². The highest BCUT2D eigenvalue weighted by atomic mass is 16.2. The van der Waals surface area contributed by atoms with Crippen molar-refractivity contribution in [3.63, 3.8) is 0 Å². The van der Waals surface area contributed by atoms with Gasteiger partial charge in [-0.05, 0) is 12.5 Å². The normalized spacial score (nSPS) is 29.2. The maximum atomic E-state index is 12.7. The minimum atomic E-state index is -1.01. The van der Waals surface area contributed by atoms with Crippen molar-refractivity contribution in [2.75, 3.05) is 0 Å². The van der Waals surface area contributed by atoms with Crippen LogP contribution in [0.5, 0.6) is 0 Å². The number of imide groups is 2. The summed E-state index contributed by atoms with van der Waals surface area (Å²) < 4.78 is 0. The highest BCUT2D eigenvalue weighted by Crippen LogP contribution is 2.38. The summed E-state index contributed by atoms with van der Waals surface area (Å²) in [6.45, 7) is 1.69. The van der Waals surface area contributed by atoms with E-state index in [-0.39, 0.29) is 12.8 Å². The molecule has 0 aromatic heterocycles. The molecule has 3 rings (SSSR count). The smallest absolute Gasteiger partial charge is 0.250 e. The van der Waals surface area contributed by atoms with Gasteiger partial charge in [0.1, 0.15) is 6.04 Å². The van der Waals surface area contributed by atoms with Crippen LogP contribution in [0.15, 0.2) is 30.3 Å². The van der Waals surface area contributed by atoms with Crippen molar-refractivity contribution < 1.29 is 19.2 Å². The van der Waals surface area contributed by atoms with Gasteiger partial charge in [0, 0.05) is 6.42 Å². The molecule has 6 nitrogen and oxygen atoms in total. The van der Waals surface area contributed by atoms with Gasteiger partial charge < -0.3 is 0 Å². The second-order valence-corrected chi connectivity index (χ2v) is 5.58. The number of hydrogen-bond acceptors (Lipinski definition) is 4. The van der Waals surface area contributed by atoms with Crippen LogP contribution in [0, 0.1) is 0 Å². The molecule has 2 aliphatic heterocycles. The van der Waals surface area contributed by atoms with Crippen molar-refractivity contribution >= 4 is 23.6 Å². The number of hydrogen-bond donors (Lipinski definition) is 1. The lowest BCUT2D eigenvalue weighted by Crippen LogP contribution is -2.46. The largest absolute Gasteiger partial charge is 0.295 e. The minimum Gasteiger partial charge on any atom is -0.295 e. The molecular formula is C15H14N2O4. The SMILES string of the molecule is CC1(c2ccccc2)CC(=O)N(C2CC(=O)NC2=O)C1=O. The third-order valence-electron chi connectivity index (χ3n) is 4.13. The van der Waals surface area contributed by atoms with Crippen molar-refractivity contribution in [3.8, 4) is 0 Å². The molecule has 0 radical (unpaired) electrons. The van der Waals surface area contributed by atoms with Crippen molar-refractivity contribution in [3.05, 3.63) is 35.9 Å². The van der Waals surface area contributed by atoms with Crippen LogP contribution in [0.2, 0.25) is 0 Å². The third-order valence-corrected chi connectivity index (χ3v) is 4.13. The van der Waals surface area contributed by atoms with Gasteiger partial charge in [-0.2, -0.15) is 0 Å². The monoisotopic (exact) mass is 286 g/mol. The van der Waals surface area contributed by atoms with Gasteiger partial charge in [0.15, 0.2) is 0 Å². The molecule has 2 fully saturated rings. The molecule has 0 bridgehead atoms. The number of nitrogens with one attached hydrogen (secondary N) is 1. The lowest BCUT2D eigenvalue weighted by atomic mass is 9.81. The van der Waals surface area contributed by atoms with E-state index in [0.717, 1.165) is 10.5 Å². The van der Waals surface area contributed by atoms with Gasteiger partial charge in [0.25, 0.3) is 0 Å². The summed E-state index contributed by atoms with van der Waals surface area (Å²) in [7, 11) is 0. The van der Waals surface area contributed by atoms with E-state index < -0.39 is 35.1 Å². The molecule has 2 unspecified atom stereocenters. The summed E-state index contributed by atoms with van der Waals surface area (Å²) in [6.07, 6.45) is -0.144. The molecule has 1 aromatic rings. The van der Waals surface area contributed by atoms with Gasteiger partial charge in [0.2, 0.25) is 23.6 Å². The van der Waals surface area contributed by atoms with Crippen LogP contribution >= 0.6 is 0 Å². The van der Waals surface area contributed by atoms with Gasteiger partial charge in [-0.1, -0.05) is 30.3 Å². The van der Waals surface area contributed by atoms with Crippen LogP contribution in [0.4, 0.5) is 0 Å². The van der Waals surface area contributed by atoms with Crippen LogP contribution < -0.4 is 5.32 Å². The summed E-state index contributed by atoms with van der Waals surface area (Å²) in [6, 6.07) is 7.99. The molecule has 0 spiro atoms. The number of nitrogens with zero attached hydrogens (tertiary/aromatic N) is 1. The number of rotatable bonds is 2. The van der Waals surface area contributed by atoms with Crippen LogP contribution in [0.25, 0.3) is 0 Å². The first kappa shape index (κ1) is 13.5. The highest BCUT2D eigenvalue weighted by Gasteiger charge is 2.54. The van der Waals surface area contributed by atoms with E-state index >= 15 is 0 Å². The lowest BCUT2D eigenvalue weighted by molar-refractivity contribution is -0.146. The molecule has 108 valence electrons. The van der Waals surface area contributed by atoms with E-state index in [4.69, 9.17) is 0 Å². The Morgan fingerprint density at radius 3 is 2.38 bits per heavy atom. The molecule has 2 aliphatic rings. The van der Waals surface area contributed by atoms with Crippen LogP contribution in [0.1, 0.15) is 25.3 Å². The molecule has 2 heterocycles. The van der Waals surface area contributed by atoms with Gasteiger partial charge in [-0.3, -0.25) is 29.4 Å². The number of likely N-dealkylation sites (tertiary alicyclic amines) is 1. The molecule has 1 aromatic carbocycles. The summed E-state index contributed by atoms with van der Waals surface area (Å²) in [5, 5.41) is 2.13. The molecule has 1 N–H and O–H groups in total. The van der Waals surface area contributed by atoms with E-state index in [1.54, 1.807) is 31.2 Å². The predicted octanol–water partition coefficient (Wildman–Crippen LogP) is 0.118. The average molecular weight is 286 g/mol. The summed E-state index contributed by atoms with van der Waals surface area (Å²) in [5.74, 6) is -1.88. The van der Waals surface area contributed by atoms with E-state index in [2.05, 4.69) is 5.32 Å². The average Bonchev–Trinajstić information content (AvgIpc) is 2.89. The first-order valence-corrected chi connectivity index (χ1v) is 6.69. The molecule has 2 saturated heterocycles. The molecule has 0 saturated carbocycles. The fraction of sp³-hybridized carbons (Fsp3) is 0.333. The van der Waals surface area contributed by atoms with E-state index in [9.17, 15) is 19.2 Å². The summed E-state index contributed by atoms with van der Waals surface area (Å²) in [4.78, 5) is 48.9. The van der Waals surface area contributed by atoms with E-state index in [1.807, 2.05) is 6.07 Å². The zero-order valence-corrected chi connectivity index (χ0v) is 11.5. The summed E-state index contributed by atoms with van der Waals surface area (Å²) in [5.41, 5.74) is -0.250. The first-order chi connectivity index (χ1) is 9.93. The Kier molecular flexibility index (Phi) is 2.90. The Morgan fingerprint density at radius 1 is 1.14 bits per heavy atom. The molecule has 6 heteroatoms. The Hall–Kier alpha value is -2.50.